The number of hydrogen-bond acceptors (Lipinski definition) is 6. The van der Waals surface area contributed by atoms with Gasteiger partial charge in [-0.05, 0) is 17.5 Å². The molecule has 21 heavy (non-hydrogen) atoms. The Balaban J connectivity index is 2.13. The number of aryl methyl sites for hydroxylation is 1. The lowest BCUT2D eigenvalue weighted by atomic mass is 10.1. The fourth-order valence-corrected chi connectivity index (χ4v) is 2.63. The number of aromatic nitrogens is 3. The van der Waals surface area contributed by atoms with E-state index in [0.29, 0.717) is 22.9 Å². The zero-order chi connectivity index (χ0) is 15.0. The van der Waals surface area contributed by atoms with Crippen LogP contribution in [-0.4, -0.2) is 19.7 Å². The summed E-state index contributed by atoms with van der Waals surface area (Å²) in [6, 6.07) is 8.12. The van der Waals surface area contributed by atoms with Crippen molar-refractivity contribution in [1.82, 2.24) is 14.8 Å². The van der Waals surface area contributed by atoms with E-state index >= 15 is 0 Å². The van der Waals surface area contributed by atoms with Gasteiger partial charge in [-0.3, -0.25) is 10.1 Å². The highest BCUT2D eigenvalue weighted by Crippen LogP contribution is 2.30. The van der Waals surface area contributed by atoms with Crippen LogP contribution in [-0.2, 0) is 7.05 Å². The molecular weight excluding hydrogens is 290 g/mol. The Bertz CT molecular complexity index is 810. The summed E-state index contributed by atoms with van der Waals surface area (Å²) in [6.45, 7) is 0. The van der Waals surface area contributed by atoms with Gasteiger partial charge < -0.3 is 5.73 Å². The van der Waals surface area contributed by atoms with Gasteiger partial charge in [-0.2, -0.15) is 0 Å². The van der Waals surface area contributed by atoms with Crippen LogP contribution in [0.5, 0.6) is 0 Å². The van der Waals surface area contributed by atoms with Crippen molar-refractivity contribution in [2.24, 2.45) is 7.05 Å². The van der Waals surface area contributed by atoms with E-state index in [0.717, 1.165) is 4.88 Å². The smallest absolute Gasteiger partial charge is 0.270 e. The predicted octanol–water partition coefficient (Wildman–Crippen LogP) is 2.70. The summed E-state index contributed by atoms with van der Waals surface area (Å²) in [6.07, 6.45) is 0. The van der Waals surface area contributed by atoms with Crippen LogP contribution in [0.15, 0.2) is 35.7 Å². The van der Waals surface area contributed by atoms with Crippen LogP contribution < -0.4 is 5.73 Å². The Morgan fingerprint density at radius 2 is 2.19 bits per heavy atom. The van der Waals surface area contributed by atoms with Gasteiger partial charge in [0, 0.05) is 30.4 Å². The summed E-state index contributed by atoms with van der Waals surface area (Å²) in [5.74, 6) is 1.08. The number of anilines is 1. The molecule has 0 saturated carbocycles. The average Bonchev–Trinajstić information content (AvgIpc) is 3.08. The Kier molecular flexibility index (Phi) is 3.15. The van der Waals surface area contributed by atoms with Crippen LogP contribution in [0.3, 0.4) is 0 Å². The van der Waals surface area contributed by atoms with Crippen molar-refractivity contribution < 1.29 is 4.92 Å². The third kappa shape index (κ3) is 2.36. The molecule has 0 amide bonds. The molecule has 2 heterocycles. The van der Waals surface area contributed by atoms with Crippen molar-refractivity contribution in [3.8, 4) is 22.1 Å². The van der Waals surface area contributed by atoms with Gasteiger partial charge in [-0.1, -0.05) is 6.07 Å². The number of non-ortho nitro benzene ring substituents is 1. The maximum atomic E-state index is 10.9. The first-order valence-corrected chi connectivity index (χ1v) is 6.93. The van der Waals surface area contributed by atoms with E-state index in [2.05, 4.69) is 10.1 Å². The molecular formula is C13H11N5O2S. The first-order valence-electron chi connectivity index (χ1n) is 6.05. The highest BCUT2D eigenvalue weighted by molar-refractivity contribution is 7.13. The van der Waals surface area contributed by atoms with E-state index < -0.39 is 4.92 Å². The molecule has 0 fully saturated rings. The van der Waals surface area contributed by atoms with Gasteiger partial charge in [0.05, 0.1) is 9.80 Å². The molecule has 0 saturated heterocycles. The van der Waals surface area contributed by atoms with Crippen molar-refractivity contribution in [3.05, 3.63) is 45.8 Å². The van der Waals surface area contributed by atoms with Crippen molar-refractivity contribution in [3.63, 3.8) is 0 Å². The quantitative estimate of drug-likeness (QED) is 0.455. The second-order valence-electron chi connectivity index (χ2n) is 4.39. The molecule has 2 N–H and O–H groups in total. The van der Waals surface area contributed by atoms with Gasteiger partial charge >= 0.3 is 0 Å². The Hall–Kier alpha value is -2.74. The van der Waals surface area contributed by atoms with Crippen molar-refractivity contribution in [1.29, 1.82) is 0 Å². The third-order valence-electron chi connectivity index (χ3n) is 2.99. The van der Waals surface area contributed by atoms with Gasteiger partial charge in [0.1, 0.15) is 0 Å². The molecule has 2 aromatic heterocycles. The van der Waals surface area contributed by atoms with Crippen LogP contribution in [0, 0.1) is 10.1 Å². The molecule has 3 aromatic rings. The van der Waals surface area contributed by atoms with E-state index in [1.165, 1.54) is 29.5 Å². The van der Waals surface area contributed by atoms with Crippen molar-refractivity contribution >= 4 is 22.7 Å². The van der Waals surface area contributed by atoms with Gasteiger partial charge in [0.2, 0.25) is 0 Å². The lowest BCUT2D eigenvalue weighted by Gasteiger charge is -2.04. The lowest BCUT2D eigenvalue weighted by Crippen LogP contribution is -1.99. The Morgan fingerprint density at radius 3 is 2.86 bits per heavy atom. The SMILES string of the molecule is Cn1nc(-c2cccs2)nc1-c1cc([N+](=O)[O-])ccc1N. The number of nitrogens with two attached hydrogens (primary N) is 1. The minimum absolute atomic E-state index is 0.0279. The predicted molar refractivity (Wildman–Crippen MR) is 80.8 cm³/mol. The fourth-order valence-electron chi connectivity index (χ4n) is 1.98. The normalized spacial score (nSPS) is 10.7. The fraction of sp³-hybridized carbons (Fsp3) is 0.0769. The monoisotopic (exact) mass is 301 g/mol. The molecule has 0 bridgehead atoms. The first-order chi connectivity index (χ1) is 10.1. The van der Waals surface area contributed by atoms with Gasteiger partial charge in [0.15, 0.2) is 11.6 Å². The number of nitrogen functional groups attached to an aromatic ring is 1. The molecule has 0 radical (unpaired) electrons. The van der Waals surface area contributed by atoms with E-state index in [9.17, 15) is 10.1 Å². The van der Waals surface area contributed by atoms with Crippen LogP contribution >= 0.6 is 11.3 Å². The summed E-state index contributed by atoms with van der Waals surface area (Å²) < 4.78 is 1.57. The first kappa shape index (κ1) is 13.3. The largest absolute Gasteiger partial charge is 0.398 e. The minimum atomic E-state index is -0.459. The average molecular weight is 301 g/mol. The van der Waals surface area contributed by atoms with E-state index in [1.807, 2.05) is 17.5 Å². The number of nitro benzene ring substituents is 1. The number of rotatable bonds is 3. The molecule has 7 nitrogen and oxygen atoms in total. The van der Waals surface area contributed by atoms with Gasteiger partial charge in [0.25, 0.3) is 5.69 Å². The van der Waals surface area contributed by atoms with Crippen molar-refractivity contribution in [2.45, 2.75) is 0 Å². The Labute approximate surface area is 123 Å². The number of nitro groups is 1. The third-order valence-corrected chi connectivity index (χ3v) is 3.86. The topological polar surface area (TPSA) is 99.9 Å². The maximum absolute atomic E-state index is 10.9. The highest BCUT2D eigenvalue weighted by Gasteiger charge is 2.17. The zero-order valence-electron chi connectivity index (χ0n) is 11.1. The lowest BCUT2D eigenvalue weighted by molar-refractivity contribution is -0.384. The summed E-state index contributed by atoms with van der Waals surface area (Å²) in [5.41, 5.74) is 6.82. The molecule has 0 unspecified atom stereocenters. The molecule has 3 rings (SSSR count). The summed E-state index contributed by atoms with van der Waals surface area (Å²) >= 11 is 1.53. The van der Waals surface area contributed by atoms with Crippen LogP contribution in [0.4, 0.5) is 11.4 Å². The van der Waals surface area contributed by atoms with Gasteiger partial charge in [-0.15, -0.1) is 16.4 Å². The summed E-state index contributed by atoms with van der Waals surface area (Å²) in [7, 11) is 1.73. The highest BCUT2D eigenvalue weighted by atomic mass is 32.1. The molecule has 0 aliphatic rings. The van der Waals surface area contributed by atoms with E-state index in [-0.39, 0.29) is 5.69 Å². The van der Waals surface area contributed by atoms with E-state index in [4.69, 9.17) is 5.73 Å². The minimum Gasteiger partial charge on any atom is -0.398 e. The number of benzene rings is 1. The molecule has 8 heteroatoms. The Morgan fingerprint density at radius 1 is 1.38 bits per heavy atom. The maximum Gasteiger partial charge on any atom is 0.270 e. The van der Waals surface area contributed by atoms with Crippen LogP contribution in [0.25, 0.3) is 22.1 Å². The number of nitrogens with zero attached hydrogens (tertiary/aromatic N) is 4. The molecule has 0 atom stereocenters. The van der Waals surface area contributed by atoms with Crippen LogP contribution in [0.2, 0.25) is 0 Å². The molecule has 0 aliphatic carbocycles. The van der Waals surface area contributed by atoms with Crippen molar-refractivity contribution in [2.75, 3.05) is 5.73 Å². The van der Waals surface area contributed by atoms with E-state index in [1.54, 1.807) is 11.7 Å². The molecule has 0 aliphatic heterocycles. The molecule has 0 spiro atoms. The van der Waals surface area contributed by atoms with Gasteiger partial charge in [-0.25, -0.2) is 9.67 Å². The number of hydrogen-bond donors (Lipinski definition) is 1. The second-order valence-corrected chi connectivity index (χ2v) is 5.34. The summed E-state index contributed by atoms with van der Waals surface area (Å²) in [4.78, 5) is 15.8. The summed E-state index contributed by atoms with van der Waals surface area (Å²) in [5, 5.41) is 17.2. The molecule has 106 valence electrons. The standard InChI is InChI=1S/C13H11N5O2S/c1-17-13(15-12(16-17)11-3-2-6-21-11)9-7-8(18(19)20)4-5-10(9)14/h2-7H,14H2,1H3. The zero-order valence-corrected chi connectivity index (χ0v) is 11.9. The van der Waals surface area contributed by atoms with Crippen LogP contribution in [0.1, 0.15) is 0 Å². The molecule has 1 aromatic carbocycles. The second kappa shape index (κ2) is 4.98. The number of thiophene rings is 1.